The second kappa shape index (κ2) is 9.72. The molecular formula is C27H22N4O5. The monoisotopic (exact) mass is 482 g/mol. The highest BCUT2D eigenvalue weighted by Crippen LogP contribution is 2.30. The van der Waals surface area contributed by atoms with E-state index >= 15 is 0 Å². The second-order valence-corrected chi connectivity index (χ2v) is 8.11. The summed E-state index contributed by atoms with van der Waals surface area (Å²) in [5.41, 5.74) is 2.87. The van der Waals surface area contributed by atoms with Gasteiger partial charge in [-0.05, 0) is 49.7 Å². The Labute approximate surface area is 207 Å². The van der Waals surface area contributed by atoms with Gasteiger partial charge >= 0.3 is 5.97 Å². The van der Waals surface area contributed by atoms with Crippen LogP contribution in [0, 0.1) is 25.2 Å². The highest BCUT2D eigenvalue weighted by atomic mass is 16.5. The lowest BCUT2D eigenvalue weighted by molar-refractivity contribution is -0.119. The van der Waals surface area contributed by atoms with Crippen molar-refractivity contribution in [3.63, 3.8) is 0 Å². The molecule has 0 bridgehead atoms. The zero-order valence-electron chi connectivity index (χ0n) is 19.7. The van der Waals surface area contributed by atoms with Gasteiger partial charge in [0, 0.05) is 17.9 Å². The molecule has 180 valence electrons. The molecule has 9 nitrogen and oxygen atoms in total. The molecule has 3 amide bonds. The fraction of sp³-hybridized carbons (Fsp3) is 0.148. The smallest absolute Gasteiger partial charge is 0.338 e. The van der Waals surface area contributed by atoms with Crippen molar-refractivity contribution in [3.8, 4) is 11.8 Å². The number of fused-ring (bicyclic) bond motifs is 1. The van der Waals surface area contributed by atoms with Gasteiger partial charge in [0.2, 0.25) is 0 Å². The molecule has 0 fully saturated rings. The third-order valence-corrected chi connectivity index (χ3v) is 5.95. The molecule has 9 heteroatoms. The van der Waals surface area contributed by atoms with Gasteiger partial charge in [-0.1, -0.05) is 24.3 Å². The van der Waals surface area contributed by atoms with Crippen molar-refractivity contribution in [3.05, 3.63) is 94.7 Å². The molecule has 0 unspecified atom stereocenters. The summed E-state index contributed by atoms with van der Waals surface area (Å²) >= 11 is 0. The van der Waals surface area contributed by atoms with Crippen LogP contribution in [0.4, 0.5) is 5.82 Å². The third kappa shape index (κ3) is 4.16. The summed E-state index contributed by atoms with van der Waals surface area (Å²) in [4.78, 5) is 51.1. The molecule has 1 aliphatic rings. The summed E-state index contributed by atoms with van der Waals surface area (Å²) in [6, 6.07) is 15.4. The van der Waals surface area contributed by atoms with Crippen LogP contribution in [0.25, 0.3) is 5.69 Å². The minimum atomic E-state index is -0.832. The minimum Gasteiger partial charge on any atom is -0.452 e. The molecule has 4 rings (SSSR count). The maximum atomic E-state index is 12.7. The van der Waals surface area contributed by atoms with Gasteiger partial charge < -0.3 is 10.1 Å². The third-order valence-electron chi connectivity index (χ3n) is 5.95. The number of rotatable bonds is 7. The van der Waals surface area contributed by atoms with E-state index < -0.39 is 30.3 Å². The van der Waals surface area contributed by atoms with Crippen LogP contribution < -0.4 is 5.32 Å². The quantitative estimate of drug-likeness (QED) is 0.312. The van der Waals surface area contributed by atoms with Crippen LogP contribution in [-0.4, -0.2) is 46.3 Å². The number of anilines is 1. The summed E-state index contributed by atoms with van der Waals surface area (Å²) in [6.07, 6.45) is 1.43. The highest BCUT2D eigenvalue weighted by molar-refractivity contribution is 6.22. The van der Waals surface area contributed by atoms with E-state index in [2.05, 4.69) is 18.0 Å². The molecule has 2 heterocycles. The first-order valence-corrected chi connectivity index (χ1v) is 11.0. The van der Waals surface area contributed by atoms with Crippen molar-refractivity contribution in [2.45, 2.75) is 13.8 Å². The predicted octanol–water partition coefficient (Wildman–Crippen LogP) is 3.54. The van der Waals surface area contributed by atoms with Gasteiger partial charge in [-0.15, -0.1) is 6.58 Å². The summed E-state index contributed by atoms with van der Waals surface area (Å²) in [5.74, 6) is -2.18. The number of aromatic nitrogens is 1. The van der Waals surface area contributed by atoms with Crippen LogP contribution in [0.5, 0.6) is 0 Å². The van der Waals surface area contributed by atoms with Gasteiger partial charge in [0.25, 0.3) is 17.7 Å². The SMILES string of the molecule is C=CCN1C(=O)c2ccc(C(=O)OCC(=O)Nc3c(C#N)c(C)c(C)n3-c3ccccc3)cc2C1=O. The molecular weight excluding hydrogens is 460 g/mol. The van der Waals surface area contributed by atoms with E-state index in [4.69, 9.17) is 4.74 Å². The lowest BCUT2D eigenvalue weighted by atomic mass is 10.1. The van der Waals surface area contributed by atoms with Crippen LogP contribution in [-0.2, 0) is 9.53 Å². The lowest BCUT2D eigenvalue weighted by Crippen LogP contribution is -2.29. The van der Waals surface area contributed by atoms with Crippen LogP contribution >= 0.6 is 0 Å². The number of esters is 1. The Bertz CT molecular complexity index is 1460. The first-order valence-electron chi connectivity index (χ1n) is 11.0. The number of para-hydroxylation sites is 1. The number of hydrogen-bond donors (Lipinski definition) is 1. The van der Waals surface area contributed by atoms with Gasteiger partial charge in [-0.25, -0.2) is 4.79 Å². The van der Waals surface area contributed by atoms with Gasteiger partial charge in [0.15, 0.2) is 6.61 Å². The van der Waals surface area contributed by atoms with E-state index in [0.717, 1.165) is 21.8 Å². The maximum absolute atomic E-state index is 12.7. The molecule has 0 saturated heterocycles. The molecule has 0 radical (unpaired) electrons. The zero-order chi connectivity index (χ0) is 26.0. The van der Waals surface area contributed by atoms with Crippen molar-refractivity contribution in [1.82, 2.24) is 9.47 Å². The van der Waals surface area contributed by atoms with Gasteiger partial charge in [-0.3, -0.25) is 23.9 Å². The Kier molecular flexibility index (Phi) is 6.52. The standard InChI is InChI=1S/C27H22N4O5/c1-4-12-30-25(33)20-11-10-18(13-21(20)26(30)34)27(35)36-15-23(32)29-24-22(14-28)16(2)17(3)31(24)19-8-6-5-7-9-19/h4-11,13H,1,12,15H2,2-3H3,(H,29,32). The molecule has 0 atom stereocenters. The molecule has 1 N–H and O–H groups in total. The normalized spacial score (nSPS) is 12.2. The summed E-state index contributed by atoms with van der Waals surface area (Å²) < 4.78 is 6.90. The van der Waals surface area contributed by atoms with Crippen LogP contribution in [0.15, 0.2) is 61.2 Å². The fourth-order valence-corrected chi connectivity index (χ4v) is 4.06. The van der Waals surface area contributed by atoms with Crippen LogP contribution in [0.3, 0.4) is 0 Å². The number of hydrogen-bond acceptors (Lipinski definition) is 6. The topological polar surface area (TPSA) is 122 Å². The number of nitriles is 1. The highest BCUT2D eigenvalue weighted by Gasteiger charge is 2.35. The van der Waals surface area contributed by atoms with Crippen LogP contribution in [0.2, 0.25) is 0 Å². The molecule has 1 aromatic heterocycles. The molecule has 3 aromatic rings. The largest absolute Gasteiger partial charge is 0.452 e. The van der Waals surface area contributed by atoms with Crippen molar-refractivity contribution < 1.29 is 23.9 Å². The minimum absolute atomic E-state index is 0.0280. The molecule has 0 aliphatic carbocycles. The number of carbonyl (C=O) groups excluding carboxylic acids is 4. The van der Waals surface area contributed by atoms with Crippen molar-refractivity contribution in [2.75, 3.05) is 18.5 Å². The number of amides is 3. The van der Waals surface area contributed by atoms with Gasteiger partial charge in [0.1, 0.15) is 11.9 Å². The Hall–Kier alpha value is -4.97. The van der Waals surface area contributed by atoms with E-state index in [1.165, 1.54) is 24.3 Å². The predicted molar refractivity (Wildman–Crippen MR) is 131 cm³/mol. The number of nitrogens with one attached hydrogen (secondary N) is 1. The van der Waals surface area contributed by atoms with E-state index in [1.54, 1.807) is 11.5 Å². The van der Waals surface area contributed by atoms with Crippen molar-refractivity contribution in [2.24, 2.45) is 0 Å². The lowest BCUT2D eigenvalue weighted by Gasteiger charge is -2.13. The molecule has 36 heavy (non-hydrogen) atoms. The van der Waals surface area contributed by atoms with Crippen molar-refractivity contribution >= 4 is 29.5 Å². The van der Waals surface area contributed by atoms with E-state index in [1.807, 2.05) is 37.3 Å². The summed E-state index contributed by atoms with van der Waals surface area (Å²) in [5, 5.41) is 12.4. The average molecular weight is 482 g/mol. The number of imide groups is 1. The van der Waals surface area contributed by atoms with Crippen molar-refractivity contribution in [1.29, 1.82) is 5.26 Å². The number of benzene rings is 2. The summed E-state index contributed by atoms with van der Waals surface area (Å²) in [7, 11) is 0. The maximum Gasteiger partial charge on any atom is 0.338 e. The van der Waals surface area contributed by atoms with Crippen LogP contribution in [0.1, 0.15) is 47.9 Å². The second-order valence-electron chi connectivity index (χ2n) is 8.11. The number of ether oxygens (including phenoxy) is 1. The first kappa shape index (κ1) is 24.2. The Balaban J connectivity index is 1.50. The Morgan fingerprint density at radius 1 is 1.08 bits per heavy atom. The average Bonchev–Trinajstić information content (AvgIpc) is 3.26. The molecule has 2 aromatic carbocycles. The molecule has 0 spiro atoms. The van der Waals surface area contributed by atoms with E-state index in [0.29, 0.717) is 5.56 Å². The zero-order valence-corrected chi connectivity index (χ0v) is 19.7. The molecule has 0 saturated carbocycles. The molecule has 1 aliphatic heterocycles. The van der Waals surface area contributed by atoms with Gasteiger partial charge in [-0.2, -0.15) is 5.26 Å². The Morgan fingerprint density at radius 2 is 1.78 bits per heavy atom. The number of carbonyl (C=O) groups is 4. The van der Waals surface area contributed by atoms with Gasteiger partial charge in [0.05, 0.1) is 22.3 Å². The van der Waals surface area contributed by atoms with E-state index in [-0.39, 0.29) is 29.1 Å². The summed E-state index contributed by atoms with van der Waals surface area (Å²) in [6.45, 7) is 6.61. The first-order chi connectivity index (χ1) is 17.3. The fourth-order valence-electron chi connectivity index (χ4n) is 4.06. The van der Waals surface area contributed by atoms with E-state index in [9.17, 15) is 24.4 Å². The number of nitrogens with zero attached hydrogens (tertiary/aromatic N) is 3. The Morgan fingerprint density at radius 3 is 2.44 bits per heavy atom.